The molecule has 1 saturated carbocycles. The second kappa shape index (κ2) is 9.32. The largest absolute Gasteiger partial charge is 0.338 e. The summed E-state index contributed by atoms with van der Waals surface area (Å²) in [5, 5.41) is 0.536. The number of carbonyl (C=O) groups is 2. The van der Waals surface area contributed by atoms with E-state index in [9.17, 15) is 9.59 Å². The van der Waals surface area contributed by atoms with Crippen molar-refractivity contribution < 1.29 is 9.59 Å². The number of aromatic nitrogens is 2. The summed E-state index contributed by atoms with van der Waals surface area (Å²) in [6.45, 7) is 3.28. The number of ketones is 1. The van der Waals surface area contributed by atoms with Gasteiger partial charge < -0.3 is 9.80 Å². The number of hydrogen-bond acceptors (Lipinski definition) is 6. The molecule has 0 N–H and O–H groups in total. The molecule has 2 aliphatic rings. The highest BCUT2D eigenvalue weighted by Gasteiger charge is 2.48. The van der Waals surface area contributed by atoms with E-state index in [0.717, 1.165) is 50.5 Å². The van der Waals surface area contributed by atoms with E-state index in [4.69, 9.17) is 11.6 Å². The molecule has 0 radical (unpaired) electrons. The maximum Gasteiger partial charge on any atom is 0.237 e. The quantitative estimate of drug-likeness (QED) is 0.710. The summed E-state index contributed by atoms with van der Waals surface area (Å²) in [6.07, 6.45) is 6.31. The van der Waals surface area contributed by atoms with Crippen molar-refractivity contribution in [2.45, 2.75) is 31.2 Å². The van der Waals surface area contributed by atoms with Gasteiger partial charge in [-0.05, 0) is 31.4 Å². The number of nitrogens with zero attached hydrogens (tertiary/aromatic N) is 5. The van der Waals surface area contributed by atoms with Crippen LogP contribution in [0, 0.1) is 0 Å². The molecule has 2 aromatic rings. The second-order valence-electron chi connectivity index (χ2n) is 8.24. The van der Waals surface area contributed by atoms with Gasteiger partial charge in [0.25, 0.3) is 0 Å². The van der Waals surface area contributed by atoms with Crippen LogP contribution in [0.4, 0.5) is 5.95 Å². The van der Waals surface area contributed by atoms with Crippen molar-refractivity contribution in [2.24, 2.45) is 0 Å². The monoisotopic (exact) mass is 441 g/mol. The van der Waals surface area contributed by atoms with Gasteiger partial charge in [0.1, 0.15) is 5.54 Å². The summed E-state index contributed by atoms with van der Waals surface area (Å²) in [7, 11) is 1.75. The molecule has 8 heteroatoms. The summed E-state index contributed by atoms with van der Waals surface area (Å²) >= 11 is 6.51. The van der Waals surface area contributed by atoms with Gasteiger partial charge in [0.15, 0.2) is 5.78 Å². The molecule has 2 fully saturated rings. The molecule has 1 aromatic heterocycles. The first-order chi connectivity index (χ1) is 15.0. The Balaban J connectivity index is 1.47. The number of Topliss-reactive ketones (excluding diaryl/α,β-unsaturated/α-hetero) is 1. The van der Waals surface area contributed by atoms with Crippen molar-refractivity contribution >= 4 is 29.2 Å². The van der Waals surface area contributed by atoms with Crippen LogP contribution in [0.1, 0.15) is 31.2 Å². The van der Waals surface area contributed by atoms with E-state index < -0.39 is 5.54 Å². The molecule has 31 heavy (non-hydrogen) atoms. The Hall–Kier alpha value is -2.51. The second-order valence-corrected chi connectivity index (χ2v) is 8.64. The van der Waals surface area contributed by atoms with Crippen molar-refractivity contribution in [1.29, 1.82) is 0 Å². The Morgan fingerprint density at radius 3 is 2.48 bits per heavy atom. The fraction of sp³-hybridized carbons (Fsp3) is 0.478. The van der Waals surface area contributed by atoms with Crippen LogP contribution in [0.3, 0.4) is 0 Å². The molecular weight excluding hydrogens is 414 g/mol. The molecule has 4 rings (SSSR count). The smallest absolute Gasteiger partial charge is 0.237 e. The first kappa shape index (κ1) is 21.7. The van der Waals surface area contributed by atoms with Gasteiger partial charge in [0, 0.05) is 62.6 Å². The lowest BCUT2D eigenvalue weighted by atomic mass is 9.74. The molecule has 1 atom stereocenters. The van der Waals surface area contributed by atoms with Crippen LogP contribution in [0.5, 0.6) is 0 Å². The minimum absolute atomic E-state index is 0.0559. The predicted octanol–water partition coefficient (Wildman–Crippen LogP) is 2.75. The van der Waals surface area contributed by atoms with Gasteiger partial charge in [-0.2, -0.15) is 0 Å². The van der Waals surface area contributed by atoms with E-state index in [0.29, 0.717) is 17.9 Å². The number of anilines is 1. The average molecular weight is 442 g/mol. The van der Waals surface area contributed by atoms with Crippen molar-refractivity contribution in [1.82, 2.24) is 19.8 Å². The van der Waals surface area contributed by atoms with Crippen molar-refractivity contribution in [3.05, 3.63) is 53.3 Å². The van der Waals surface area contributed by atoms with Crippen LogP contribution in [0.2, 0.25) is 5.02 Å². The van der Waals surface area contributed by atoms with E-state index >= 15 is 0 Å². The number of carbonyl (C=O) groups excluding carboxylic acids is 2. The molecule has 7 nitrogen and oxygen atoms in total. The van der Waals surface area contributed by atoms with Gasteiger partial charge in [-0.25, -0.2) is 9.97 Å². The number of amides is 1. The fourth-order valence-corrected chi connectivity index (χ4v) is 4.99. The average Bonchev–Trinajstić information content (AvgIpc) is 2.81. The van der Waals surface area contributed by atoms with E-state index in [1.54, 1.807) is 36.5 Å². The number of likely N-dealkylation sites (N-methyl/N-ethyl adjacent to an activating group) is 1. The highest BCUT2D eigenvalue weighted by Crippen LogP contribution is 2.42. The van der Waals surface area contributed by atoms with E-state index in [2.05, 4.69) is 19.8 Å². The summed E-state index contributed by atoms with van der Waals surface area (Å²) in [4.78, 5) is 41.1. The van der Waals surface area contributed by atoms with Crippen LogP contribution in [-0.2, 0) is 15.1 Å². The maximum atomic E-state index is 13.3. The van der Waals surface area contributed by atoms with Crippen LogP contribution in [0.25, 0.3) is 0 Å². The van der Waals surface area contributed by atoms with Crippen LogP contribution in [-0.4, -0.2) is 71.2 Å². The molecular formula is C23H28ClN5O2. The number of rotatable bonds is 5. The van der Waals surface area contributed by atoms with Crippen LogP contribution >= 0.6 is 11.6 Å². The third kappa shape index (κ3) is 4.29. The minimum atomic E-state index is -0.979. The molecule has 0 spiro atoms. The Labute approximate surface area is 188 Å². The third-order valence-electron chi connectivity index (χ3n) is 6.49. The molecule has 164 valence electrons. The van der Waals surface area contributed by atoms with Gasteiger partial charge in [0.2, 0.25) is 11.9 Å². The highest BCUT2D eigenvalue weighted by atomic mass is 35.5. The Morgan fingerprint density at radius 1 is 1.10 bits per heavy atom. The van der Waals surface area contributed by atoms with Gasteiger partial charge in [-0.3, -0.25) is 14.5 Å². The molecule has 2 heterocycles. The predicted molar refractivity (Wildman–Crippen MR) is 120 cm³/mol. The van der Waals surface area contributed by atoms with Crippen LogP contribution < -0.4 is 4.90 Å². The summed E-state index contributed by atoms with van der Waals surface area (Å²) in [6, 6.07) is 9.21. The van der Waals surface area contributed by atoms with Gasteiger partial charge in [0.05, 0.1) is 6.54 Å². The Bertz CT molecular complexity index is 933. The lowest BCUT2D eigenvalue weighted by Crippen LogP contribution is -2.57. The number of piperazine rings is 1. The molecule has 0 bridgehead atoms. The summed E-state index contributed by atoms with van der Waals surface area (Å²) < 4.78 is 0. The van der Waals surface area contributed by atoms with Gasteiger partial charge in [-0.1, -0.05) is 29.8 Å². The maximum absolute atomic E-state index is 13.3. The van der Waals surface area contributed by atoms with E-state index in [1.807, 2.05) is 18.2 Å². The first-order valence-electron chi connectivity index (χ1n) is 10.8. The fourth-order valence-electron chi connectivity index (χ4n) is 4.70. The van der Waals surface area contributed by atoms with Crippen molar-refractivity contribution in [3.63, 3.8) is 0 Å². The molecule has 1 aliphatic carbocycles. The number of hydrogen-bond donors (Lipinski definition) is 0. The lowest BCUT2D eigenvalue weighted by Gasteiger charge is -2.45. The topological polar surface area (TPSA) is 69.6 Å². The van der Waals surface area contributed by atoms with Gasteiger partial charge >= 0.3 is 0 Å². The molecule has 1 aliphatic heterocycles. The molecule has 1 unspecified atom stereocenters. The number of benzene rings is 1. The van der Waals surface area contributed by atoms with Gasteiger partial charge in [-0.15, -0.1) is 0 Å². The van der Waals surface area contributed by atoms with E-state index in [-0.39, 0.29) is 18.2 Å². The van der Waals surface area contributed by atoms with Crippen molar-refractivity contribution in [3.8, 4) is 0 Å². The normalized spacial score (nSPS) is 22.4. The zero-order valence-corrected chi connectivity index (χ0v) is 18.6. The number of halogens is 1. The van der Waals surface area contributed by atoms with Crippen molar-refractivity contribution in [2.75, 3.05) is 44.7 Å². The molecule has 1 aromatic carbocycles. The SMILES string of the molecule is CN(C(=O)CN1CCN(c2ncccn2)CC1)C1(c2ccccc2Cl)CCCCC1=O. The van der Waals surface area contributed by atoms with E-state index in [1.165, 1.54) is 0 Å². The molecule has 1 amide bonds. The molecule has 1 saturated heterocycles. The first-order valence-corrected chi connectivity index (χ1v) is 11.2. The third-order valence-corrected chi connectivity index (χ3v) is 6.82. The Kier molecular flexibility index (Phi) is 6.53. The Morgan fingerprint density at radius 2 is 1.81 bits per heavy atom. The highest BCUT2D eigenvalue weighted by molar-refractivity contribution is 6.31. The van der Waals surface area contributed by atoms with Crippen LogP contribution in [0.15, 0.2) is 42.7 Å². The summed E-state index contributed by atoms with van der Waals surface area (Å²) in [5.74, 6) is 0.740. The zero-order valence-electron chi connectivity index (χ0n) is 17.8. The zero-order chi connectivity index (χ0) is 21.8. The lowest BCUT2D eigenvalue weighted by molar-refractivity contribution is -0.148. The standard InChI is InChI=1S/C23H28ClN5O2/c1-27(23(10-5-4-9-20(23)30)18-7-2-3-8-19(18)24)21(31)17-28-13-15-29(16-14-28)22-25-11-6-12-26-22/h2-3,6-8,11-12H,4-5,9-10,13-17H2,1H3. The summed E-state index contributed by atoms with van der Waals surface area (Å²) in [5.41, 5.74) is -0.240. The minimum Gasteiger partial charge on any atom is -0.338 e.